The summed E-state index contributed by atoms with van der Waals surface area (Å²) in [4.78, 5) is 16.1. The van der Waals surface area contributed by atoms with Crippen molar-refractivity contribution >= 4 is 38.9 Å². The number of hydrogen-bond donors (Lipinski definition) is 2. The molecule has 0 unspecified atom stereocenters. The van der Waals surface area contributed by atoms with Crippen LogP contribution in [-0.2, 0) is 22.9 Å². The Kier molecular flexibility index (Phi) is 5.48. The van der Waals surface area contributed by atoms with Crippen molar-refractivity contribution in [1.29, 1.82) is 0 Å². The highest BCUT2D eigenvalue weighted by Crippen LogP contribution is 2.29. The molecule has 0 aliphatic heterocycles. The van der Waals surface area contributed by atoms with Gasteiger partial charge >= 0.3 is 0 Å². The summed E-state index contributed by atoms with van der Waals surface area (Å²) in [7, 11) is -3.93. The second-order valence-electron chi connectivity index (χ2n) is 6.11. The summed E-state index contributed by atoms with van der Waals surface area (Å²) in [5.74, 6) is -0.454. The molecule has 134 valence electrons. The van der Waals surface area contributed by atoms with Crippen LogP contribution in [0.2, 0.25) is 5.02 Å². The third kappa shape index (κ3) is 4.23. The molecule has 2 N–H and O–H groups in total. The van der Waals surface area contributed by atoms with Crippen molar-refractivity contribution in [3.8, 4) is 0 Å². The van der Waals surface area contributed by atoms with Crippen LogP contribution < -0.4 is 10.3 Å². The number of carbonyl (C=O) groups excluding carboxylic acids is 1. The molecule has 0 bridgehead atoms. The van der Waals surface area contributed by atoms with Gasteiger partial charge in [0.25, 0.3) is 15.9 Å². The third-order valence-electron chi connectivity index (χ3n) is 4.15. The molecule has 2 aromatic rings. The van der Waals surface area contributed by atoms with E-state index in [9.17, 15) is 13.2 Å². The summed E-state index contributed by atoms with van der Waals surface area (Å²) in [6.07, 6.45) is 5.43. The summed E-state index contributed by atoms with van der Waals surface area (Å²) in [6, 6.07) is 6.50. The highest BCUT2D eigenvalue weighted by atomic mass is 35.5. The second-order valence-corrected chi connectivity index (χ2v) is 9.31. The Labute approximate surface area is 156 Å². The van der Waals surface area contributed by atoms with Crippen molar-refractivity contribution in [1.82, 2.24) is 10.3 Å². The quantitative estimate of drug-likeness (QED) is 0.610. The number of rotatable bonds is 4. The second kappa shape index (κ2) is 7.45. The standard InChI is InChI=1S/C17H19ClN2O3S2/c1-11-7-8-16(13(18)9-11)25(22,23)20-19-17(21)15-10-12-5-3-2-4-6-14(12)24-15/h7-10,20H,2-6H2,1H3,(H,19,21). The number of nitrogens with one attached hydrogen (secondary N) is 2. The minimum atomic E-state index is -3.93. The number of aryl methyl sites for hydroxylation is 3. The van der Waals surface area contributed by atoms with Crippen LogP contribution in [-0.4, -0.2) is 14.3 Å². The zero-order valence-corrected chi connectivity index (χ0v) is 16.2. The van der Waals surface area contributed by atoms with E-state index in [1.54, 1.807) is 12.1 Å². The molecule has 1 heterocycles. The Bertz CT molecular complexity index is 883. The number of amides is 1. The van der Waals surface area contributed by atoms with E-state index in [0.29, 0.717) is 4.88 Å². The average Bonchev–Trinajstić information content (AvgIpc) is 2.83. The van der Waals surface area contributed by atoms with Gasteiger partial charge in [0.05, 0.1) is 9.90 Å². The van der Waals surface area contributed by atoms with Crippen LogP contribution in [0.1, 0.15) is 44.9 Å². The van der Waals surface area contributed by atoms with Gasteiger partial charge in [-0.3, -0.25) is 10.2 Å². The van der Waals surface area contributed by atoms with E-state index >= 15 is 0 Å². The first-order valence-electron chi connectivity index (χ1n) is 8.07. The largest absolute Gasteiger partial charge is 0.276 e. The highest BCUT2D eigenvalue weighted by Gasteiger charge is 2.21. The van der Waals surface area contributed by atoms with Gasteiger partial charge in [-0.25, -0.2) is 8.42 Å². The number of thiophene rings is 1. The van der Waals surface area contributed by atoms with E-state index in [2.05, 4.69) is 10.3 Å². The maximum absolute atomic E-state index is 12.3. The summed E-state index contributed by atoms with van der Waals surface area (Å²) in [5, 5.41) is 0.115. The van der Waals surface area contributed by atoms with Crippen molar-refractivity contribution in [2.45, 2.75) is 43.9 Å². The van der Waals surface area contributed by atoms with Gasteiger partial charge in [0, 0.05) is 4.88 Å². The zero-order chi connectivity index (χ0) is 18.0. The van der Waals surface area contributed by atoms with Gasteiger partial charge in [0.1, 0.15) is 4.90 Å². The van der Waals surface area contributed by atoms with Gasteiger partial charge in [-0.05, 0) is 61.9 Å². The molecule has 1 amide bonds. The Morgan fingerprint density at radius 3 is 2.68 bits per heavy atom. The van der Waals surface area contributed by atoms with Gasteiger partial charge in [0.15, 0.2) is 0 Å². The van der Waals surface area contributed by atoms with E-state index in [1.807, 2.05) is 13.0 Å². The molecule has 0 saturated heterocycles. The van der Waals surface area contributed by atoms with Crippen LogP contribution >= 0.6 is 22.9 Å². The van der Waals surface area contributed by atoms with Gasteiger partial charge in [-0.15, -0.1) is 16.2 Å². The molecule has 1 aromatic carbocycles. The maximum Gasteiger partial charge on any atom is 0.276 e. The predicted molar refractivity (Wildman–Crippen MR) is 99.6 cm³/mol. The van der Waals surface area contributed by atoms with E-state index in [0.717, 1.165) is 31.2 Å². The van der Waals surface area contributed by atoms with E-state index in [1.165, 1.54) is 34.3 Å². The van der Waals surface area contributed by atoms with Gasteiger partial charge in [-0.2, -0.15) is 0 Å². The van der Waals surface area contributed by atoms with Crippen molar-refractivity contribution in [3.63, 3.8) is 0 Å². The fourth-order valence-corrected chi connectivity index (χ4v) is 5.42. The topological polar surface area (TPSA) is 75.3 Å². The molecular formula is C17H19ClN2O3S2. The molecule has 0 atom stereocenters. The van der Waals surface area contributed by atoms with Crippen LogP contribution in [0, 0.1) is 6.92 Å². The minimum absolute atomic E-state index is 0.0676. The van der Waals surface area contributed by atoms with Crippen LogP contribution in [0.15, 0.2) is 29.2 Å². The lowest BCUT2D eigenvalue weighted by molar-refractivity contribution is 0.0949. The number of fused-ring (bicyclic) bond motifs is 1. The van der Waals surface area contributed by atoms with Gasteiger partial charge in [-0.1, -0.05) is 24.1 Å². The number of sulfonamides is 1. The van der Waals surface area contributed by atoms with Gasteiger partial charge in [0.2, 0.25) is 0 Å². The first-order chi connectivity index (χ1) is 11.9. The number of carbonyl (C=O) groups is 1. The molecule has 3 rings (SSSR count). The van der Waals surface area contributed by atoms with Gasteiger partial charge < -0.3 is 0 Å². The van der Waals surface area contributed by atoms with Crippen LogP contribution in [0.25, 0.3) is 0 Å². The first kappa shape index (κ1) is 18.4. The fourth-order valence-electron chi connectivity index (χ4n) is 2.83. The minimum Gasteiger partial charge on any atom is -0.273 e. The number of hydrazine groups is 1. The van der Waals surface area contributed by atoms with E-state index in [4.69, 9.17) is 11.6 Å². The predicted octanol–water partition coefficient (Wildman–Crippen LogP) is 3.60. The van der Waals surface area contributed by atoms with Crippen LogP contribution in [0.4, 0.5) is 0 Å². The molecule has 0 saturated carbocycles. The summed E-state index contributed by atoms with van der Waals surface area (Å²) < 4.78 is 24.7. The SMILES string of the molecule is Cc1ccc(S(=O)(=O)NNC(=O)c2cc3c(s2)CCCCC3)c(Cl)c1. The zero-order valence-electron chi connectivity index (χ0n) is 13.8. The number of benzene rings is 1. The van der Waals surface area contributed by atoms with Crippen molar-refractivity contribution in [3.05, 3.63) is 50.2 Å². The lowest BCUT2D eigenvalue weighted by Gasteiger charge is -2.09. The third-order valence-corrected chi connectivity index (χ3v) is 7.11. The molecule has 1 aliphatic carbocycles. The summed E-state index contributed by atoms with van der Waals surface area (Å²) in [6.45, 7) is 1.82. The normalized spacial score (nSPS) is 14.6. The van der Waals surface area contributed by atoms with E-state index in [-0.39, 0.29) is 9.92 Å². The molecule has 0 fully saturated rings. The lowest BCUT2D eigenvalue weighted by Crippen LogP contribution is -2.41. The Hall–Kier alpha value is -1.41. The molecule has 25 heavy (non-hydrogen) atoms. The van der Waals surface area contributed by atoms with E-state index < -0.39 is 15.9 Å². The smallest absolute Gasteiger partial charge is 0.273 e. The highest BCUT2D eigenvalue weighted by molar-refractivity contribution is 7.89. The number of halogens is 1. The number of hydrogen-bond acceptors (Lipinski definition) is 4. The van der Waals surface area contributed by atoms with Crippen molar-refractivity contribution in [2.75, 3.05) is 0 Å². The average molecular weight is 399 g/mol. The fraction of sp³-hybridized carbons (Fsp3) is 0.353. The molecular weight excluding hydrogens is 380 g/mol. The molecule has 8 heteroatoms. The molecule has 1 aromatic heterocycles. The summed E-state index contributed by atoms with van der Waals surface area (Å²) >= 11 is 7.44. The monoisotopic (exact) mass is 398 g/mol. The summed E-state index contributed by atoms with van der Waals surface area (Å²) in [5.41, 5.74) is 4.34. The lowest BCUT2D eigenvalue weighted by atomic mass is 10.1. The Balaban J connectivity index is 1.71. The Morgan fingerprint density at radius 1 is 1.16 bits per heavy atom. The van der Waals surface area contributed by atoms with Crippen LogP contribution in [0.5, 0.6) is 0 Å². The van der Waals surface area contributed by atoms with Crippen molar-refractivity contribution < 1.29 is 13.2 Å². The molecule has 1 aliphatic rings. The molecule has 0 spiro atoms. The first-order valence-corrected chi connectivity index (χ1v) is 10.7. The molecule has 5 nitrogen and oxygen atoms in total. The Morgan fingerprint density at radius 2 is 1.92 bits per heavy atom. The maximum atomic E-state index is 12.3. The van der Waals surface area contributed by atoms with Crippen LogP contribution in [0.3, 0.4) is 0 Å². The van der Waals surface area contributed by atoms with Crippen molar-refractivity contribution in [2.24, 2.45) is 0 Å². The molecule has 0 radical (unpaired) electrons.